The predicted octanol–water partition coefficient (Wildman–Crippen LogP) is 2.99. The molecular formula is C15H20BrNO2. The fourth-order valence-corrected chi connectivity index (χ4v) is 2.01. The molecule has 0 aromatic heterocycles. The zero-order chi connectivity index (χ0) is 14.3. The Bertz CT molecular complexity index is 426. The largest absolute Gasteiger partial charge is 0.394 e. The van der Waals surface area contributed by atoms with Crippen LogP contribution < -0.4 is 5.32 Å². The lowest BCUT2D eigenvalue weighted by Gasteiger charge is -2.17. The molecule has 0 radical (unpaired) electrons. The van der Waals surface area contributed by atoms with E-state index in [0.29, 0.717) is 5.92 Å². The fraction of sp³-hybridized carbons (Fsp3) is 0.400. The molecule has 0 saturated heterocycles. The van der Waals surface area contributed by atoms with E-state index in [-0.39, 0.29) is 18.6 Å². The van der Waals surface area contributed by atoms with Gasteiger partial charge >= 0.3 is 0 Å². The molecule has 1 rings (SSSR count). The molecule has 0 bridgehead atoms. The van der Waals surface area contributed by atoms with Crippen molar-refractivity contribution in [2.24, 2.45) is 5.92 Å². The van der Waals surface area contributed by atoms with Crippen LogP contribution in [0.2, 0.25) is 0 Å². The summed E-state index contributed by atoms with van der Waals surface area (Å²) in [5, 5.41) is 12.0. The third-order valence-corrected chi connectivity index (χ3v) is 3.15. The molecule has 3 nitrogen and oxygen atoms in total. The Morgan fingerprint density at radius 1 is 1.37 bits per heavy atom. The second kappa shape index (κ2) is 8.12. The summed E-state index contributed by atoms with van der Waals surface area (Å²) in [5.41, 5.74) is 0.961. The smallest absolute Gasteiger partial charge is 0.244 e. The van der Waals surface area contributed by atoms with Crippen LogP contribution in [-0.2, 0) is 4.79 Å². The molecule has 19 heavy (non-hydrogen) atoms. The van der Waals surface area contributed by atoms with Gasteiger partial charge in [0.25, 0.3) is 0 Å². The fourth-order valence-electron chi connectivity index (χ4n) is 1.74. The summed E-state index contributed by atoms with van der Waals surface area (Å²) >= 11 is 3.36. The molecule has 1 unspecified atom stereocenters. The minimum atomic E-state index is -0.179. The summed E-state index contributed by atoms with van der Waals surface area (Å²) < 4.78 is 1.01. The van der Waals surface area contributed by atoms with Crippen LogP contribution in [0.1, 0.15) is 25.8 Å². The van der Waals surface area contributed by atoms with Gasteiger partial charge in [-0.15, -0.1) is 0 Å². The third-order valence-electron chi connectivity index (χ3n) is 2.62. The summed E-state index contributed by atoms with van der Waals surface area (Å²) in [6, 6.07) is 7.51. The number of benzene rings is 1. The van der Waals surface area contributed by atoms with Crippen molar-refractivity contribution in [2.45, 2.75) is 26.3 Å². The first kappa shape index (κ1) is 15.9. The van der Waals surface area contributed by atoms with Gasteiger partial charge in [0.1, 0.15) is 0 Å². The highest BCUT2D eigenvalue weighted by molar-refractivity contribution is 9.10. The van der Waals surface area contributed by atoms with E-state index in [1.807, 2.05) is 24.3 Å². The number of nitrogens with one attached hydrogen (secondary N) is 1. The average molecular weight is 326 g/mol. The van der Waals surface area contributed by atoms with Gasteiger partial charge in [-0.1, -0.05) is 41.9 Å². The topological polar surface area (TPSA) is 49.3 Å². The van der Waals surface area contributed by atoms with E-state index >= 15 is 0 Å². The van der Waals surface area contributed by atoms with E-state index in [9.17, 15) is 9.90 Å². The highest BCUT2D eigenvalue weighted by atomic mass is 79.9. The Morgan fingerprint density at radius 3 is 2.53 bits per heavy atom. The van der Waals surface area contributed by atoms with Crippen molar-refractivity contribution in [2.75, 3.05) is 6.61 Å². The number of amides is 1. The van der Waals surface area contributed by atoms with E-state index in [1.165, 1.54) is 6.08 Å². The van der Waals surface area contributed by atoms with Crippen LogP contribution in [0.25, 0.3) is 6.08 Å². The highest BCUT2D eigenvalue weighted by Crippen LogP contribution is 2.11. The zero-order valence-electron chi connectivity index (χ0n) is 11.3. The molecule has 1 aromatic carbocycles. The van der Waals surface area contributed by atoms with Crippen LogP contribution in [0.15, 0.2) is 34.8 Å². The van der Waals surface area contributed by atoms with Gasteiger partial charge in [-0.25, -0.2) is 0 Å². The Kier molecular flexibility index (Phi) is 6.81. The van der Waals surface area contributed by atoms with Gasteiger partial charge in [0.05, 0.1) is 12.6 Å². The SMILES string of the molecule is CC(C)CC(CO)NC(=O)/C=C/c1ccc(Br)cc1. The van der Waals surface area contributed by atoms with Crippen molar-refractivity contribution in [3.63, 3.8) is 0 Å². The number of aliphatic hydroxyl groups excluding tert-OH is 1. The molecule has 0 saturated carbocycles. The Morgan fingerprint density at radius 2 is 2.00 bits per heavy atom. The number of aliphatic hydroxyl groups is 1. The second-order valence-electron chi connectivity index (χ2n) is 4.90. The number of hydrogen-bond acceptors (Lipinski definition) is 2. The Labute approximate surface area is 122 Å². The monoisotopic (exact) mass is 325 g/mol. The molecule has 0 aliphatic rings. The van der Waals surface area contributed by atoms with Gasteiger partial charge in [0.2, 0.25) is 5.91 Å². The van der Waals surface area contributed by atoms with Gasteiger partial charge in [-0.3, -0.25) is 4.79 Å². The van der Waals surface area contributed by atoms with Crippen LogP contribution >= 0.6 is 15.9 Å². The van der Waals surface area contributed by atoms with Crippen LogP contribution in [0.4, 0.5) is 0 Å². The highest BCUT2D eigenvalue weighted by Gasteiger charge is 2.10. The van der Waals surface area contributed by atoms with Crippen molar-refractivity contribution in [1.29, 1.82) is 0 Å². The summed E-state index contributed by atoms with van der Waals surface area (Å²) in [7, 11) is 0. The first-order valence-electron chi connectivity index (χ1n) is 6.36. The van der Waals surface area contributed by atoms with Gasteiger partial charge < -0.3 is 10.4 Å². The minimum Gasteiger partial charge on any atom is -0.394 e. The van der Waals surface area contributed by atoms with Gasteiger partial charge in [0.15, 0.2) is 0 Å². The first-order chi connectivity index (χ1) is 9.01. The van der Waals surface area contributed by atoms with Crippen molar-refractivity contribution in [1.82, 2.24) is 5.32 Å². The maximum absolute atomic E-state index is 11.7. The molecule has 104 valence electrons. The summed E-state index contributed by atoms with van der Waals surface area (Å²) in [5.74, 6) is 0.260. The van der Waals surface area contributed by atoms with E-state index in [0.717, 1.165) is 16.5 Å². The Hall–Kier alpha value is -1.13. The number of carbonyl (C=O) groups excluding carboxylic acids is 1. The molecule has 0 aliphatic heterocycles. The molecule has 0 aliphatic carbocycles. The third kappa shape index (κ3) is 6.55. The van der Waals surface area contributed by atoms with Gasteiger partial charge in [0, 0.05) is 10.5 Å². The molecule has 1 atom stereocenters. The number of halogens is 1. The van der Waals surface area contributed by atoms with Crippen molar-refractivity contribution < 1.29 is 9.90 Å². The van der Waals surface area contributed by atoms with E-state index in [1.54, 1.807) is 6.08 Å². The zero-order valence-corrected chi connectivity index (χ0v) is 12.9. The second-order valence-corrected chi connectivity index (χ2v) is 5.82. The maximum atomic E-state index is 11.7. The Balaban J connectivity index is 2.52. The maximum Gasteiger partial charge on any atom is 0.244 e. The average Bonchev–Trinajstić information content (AvgIpc) is 2.36. The van der Waals surface area contributed by atoms with Crippen molar-refractivity contribution in [3.8, 4) is 0 Å². The van der Waals surface area contributed by atoms with Crippen LogP contribution in [0.3, 0.4) is 0 Å². The van der Waals surface area contributed by atoms with Crippen LogP contribution in [-0.4, -0.2) is 23.7 Å². The number of rotatable bonds is 6. The van der Waals surface area contributed by atoms with E-state index in [2.05, 4.69) is 35.1 Å². The molecule has 4 heteroatoms. The van der Waals surface area contributed by atoms with Gasteiger partial charge in [-0.2, -0.15) is 0 Å². The number of carbonyl (C=O) groups is 1. The number of hydrogen-bond donors (Lipinski definition) is 2. The lowest BCUT2D eigenvalue weighted by molar-refractivity contribution is -0.117. The van der Waals surface area contributed by atoms with Crippen molar-refractivity contribution in [3.05, 3.63) is 40.4 Å². The predicted molar refractivity (Wildman–Crippen MR) is 81.6 cm³/mol. The lowest BCUT2D eigenvalue weighted by Crippen LogP contribution is -2.37. The first-order valence-corrected chi connectivity index (χ1v) is 7.15. The molecular weight excluding hydrogens is 306 g/mol. The van der Waals surface area contributed by atoms with E-state index < -0.39 is 0 Å². The van der Waals surface area contributed by atoms with Crippen molar-refractivity contribution >= 4 is 27.9 Å². The molecule has 0 heterocycles. The summed E-state index contributed by atoms with van der Waals surface area (Å²) in [4.78, 5) is 11.7. The summed E-state index contributed by atoms with van der Waals surface area (Å²) in [6.07, 6.45) is 4.02. The van der Waals surface area contributed by atoms with E-state index in [4.69, 9.17) is 0 Å². The van der Waals surface area contributed by atoms with Crippen LogP contribution in [0, 0.1) is 5.92 Å². The molecule has 0 fully saturated rings. The van der Waals surface area contributed by atoms with Crippen LogP contribution in [0.5, 0.6) is 0 Å². The molecule has 2 N–H and O–H groups in total. The standard InChI is InChI=1S/C15H20BrNO2/c1-11(2)9-14(10-18)17-15(19)8-5-12-3-6-13(16)7-4-12/h3-8,11,14,18H,9-10H2,1-2H3,(H,17,19)/b8-5+. The normalized spacial score (nSPS) is 12.9. The minimum absolute atomic E-state index is 0.0317. The molecule has 1 amide bonds. The molecule has 0 spiro atoms. The summed E-state index contributed by atoms with van der Waals surface area (Å²) in [6.45, 7) is 4.09. The quantitative estimate of drug-likeness (QED) is 0.790. The molecule has 1 aromatic rings. The van der Waals surface area contributed by atoms with Gasteiger partial charge in [-0.05, 0) is 36.1 Å². The lowest BCUT2D eigenvalue weighted by atomic mass is 10.0.